The van der Waals surface area contributed by atoms with E-state index in [-0.39, 0.29) is 6.10 Å². The fraction of sp³-hybridized carbons (Fsp3) is 0.692. The van der Waals surface area contributed by atoms with Crippen molar-refractivity contribution < 1.29 is 9.47 Å². The Hall–Kier alpha value is -1.48. The van der Waals surface area contributed by atoms with Gasteiger partial charge in [0.25, 0.3) is 0 Å². The van der Waals surface area contributed by atoms with E-state index < -0.39 is 0 Å². The lowest BCUT2D eigenvalue weighted by atomic mass is 10.3. The summed E-state index contributed by atoms with van der Waals surface area (Å²) in [5.74, 6) is 7.30. The van der Waals surface area contributed by atoms with Crippen LogP contribution in [0, 0.1) is 0 Å². The molecule has 21 heavy (non-hydrogen) atoms. The van der Waals surface area contributed by atoms with Crippen molar-refractivity contribution in [3.05, 3.63) is 11.9 Å². The van der Waals surface area contributed by atoms with Crippen molar-refractivity contribution in [1.29, 1.82) is 0 Å². The van der Waals surface area contributed by atoms with Gasteiger partial charge in [0.1, 0.15) is 18.2 Å². The lowest BCUT2D eigenvalue weighted by Crippen LogP contribution is -2.43. The zero-order valence-corrected chi connectivity index (χ0v) is 12.6. The molecule has 0 radical (unpaired) electrons. The van der Waals surface area contributed by atoms with Gasteiger partial charge in [-0.05, 0) is 14.0 Å². The number of rotatable bonds is 7. The first-order valence-electron chi connectivity index (χ1n) is 7.17. The number of hydrogen-bond acceptors (Lipinski definition) is 8. The molecule has 0 aliphatic carbocycles. The average molecular weight is 296 g/mol. The van der Waals surface area contributed by atoms with Gasteiger partial charge in [-0.25, -0.2) is 15.8 Å². The summed E-state index contributed by atoms with van der Waals surface area (Å²) in [4.78, 5) is 10.9. The van der Waals surface area contributed by atoms with Gasteiger partial charge in [0, 0.05) is 32.3 Å². The standard InChI is InChI=1S/C13H24N6O2/c1-3-20-9-13-16-11(6-12(17-13)18-14)15-7-10-8-19(2)4-5-21-10/h6,10H,3-5,7-9,14H2,1-2H3,(H2,15,16,17,18). The summed E-state index contributed by atoms with van der Waals surface area (Å²) in [6, 6.07) is 1.77. The van der Waals surface area contributed by atoms with Gasteiger partial charge in [0.2, 0.25) is 0 Å². The van der Waals surface area contributed by atoms with Crippen LogP contribution in [0.15, 0.2) is 6.07 Å². The van der Waals surface area contributed by atoms with Crippen LogP contribution in [-0.4, -0.2) is 60.9 Å². The third-order valence-corrected chi connectivity index (χ3v) is 3.21. The molecule has 118 valence electrons. The molecule has 0 saturated carbocycles. The molecular weight excluding hydrogens is 272 g/mol. The Balaban J connectivity index is 1.94. The average Bonchev–Trinajstić information content (AvgIpc) is 2.51. The van der Waals surface area contributed by atoms with Crippen molar-refractivity contribution in [2.75, 3.05) is 50.6 Å². The Morgan fingerprint density at radius 3 is 3.00 bits per heavy atom. The molecule has 1 unspecified atom stereocenters. The fourth-order valence-electron chi connectivity index (χ4n) is 2.13. The smallest absolute Gasteiger partial charge is 0.158 e. The zero-order chi connectivity index (χ0) is 15.1. The number of ether oxygens (including phenoxy) is 2. The molecule has 8 heteroatoms. The summed E-state index contributed by atoms with van der Waals surface area (Å²) in [5.41, 5.74) is 2.54. The minimum absolute atomic E-state index is 0.156. The molecule has 1 saturated heterocycles. The van der Waals surface area contributed by atoms with Gasteiger partial charge in [-0.15, -0.1) is 0 Å². The fourth-order valence-corrected chi connectivity index (χ4v) is 2.13. The maximum Gasteiger partial charge on any atom is 0.158 e. The maximum atomic E-state index is 5.71. The highest BCUT2D eigenvalue weighted by atomic mass is 16.5. The van der Waals surface area contributed by atoms with Gasteiger partial charge in [-0.2, -0.15) is 0 Å². The monoisotopic (exact) mass is 296 g/mol. The van der Waals surface area contributed by atoms with Crippen LogP contribution in [-0.2, 0) is 16.1 Å². The molecule has 1 aromatic heterocycles. The highest BCUT2D eigenvalue weighted by Gasteiger charge is 2.17. The van der Waals surface area contributed by atoms with Gasteiger partial charge in [0.15, 0.2) is 5.82 Å². The van der Waals surface area contributed by atoms with E-state index in [0.717, 1.165) is 19.7 Å². The van der Waals surface area contributed by atoms with Crippen molar-refractivity contribution in [2.45, 2.75) is 19.6 Å². The molecule has 0 aromatic carbocycles. The van der Waals surface area contributed by atoms with E-state index in [9.17, 15) is 0 Å². The third-order valence-electron chi connectivity index (χ3n) is 3.21. The highest BCUT2D eigenvalue weighted by molar-refractivity contribution is 5.46. The van der Waals surface area contributed by atoms with E-state index in [1.165, 1.54) is 0 Å². The predicted molar refractivity (Wildman–Crippen MR) is 80.9 cm³/mol. The highest BCUT2D eigenvalue weighted by Crippen LogP contribution is 2.12. The van der Waals surface area contributed by atoms with E-state index in [2.05, 4.69) is 32.7 Å². The number of aromatic nitrogens is 2. The summed E-state index contributed by atoms with van der Waals surface area (Å²) >= 11 is 0. The minimum atomic E-state index is 0.156. The van der Waals surface area contributed by atoms with Gasteiger partial charge in [-0.1, -0.05) is 0 Å². The second-order valence-electron chi connectivity index (χ2n) is 4.97. The first kappa shape index (κ1) is 15.9. The van der Waals surface area contributed by atoms with Crippen LogP contribution in [0.3, 0.4) is 0 Å². The molecule has 1 fully saturated rings. The first-order chi connectivity index (χ1) is 10.2. The van der Waals surface area contributed by atoms with E-state index in [4.69, 9.17) is 15.3 Å². The number of hydrazine groups is 1. The number of nitrogens with zero attached hydrogens (tertiary/aromatic N) is 3. The van der Waals surface area contributed by atoms with Crippen molar-refractivity contribution in [3.8, 4) is 0 Å². The van der Waals surface area contributed by atoms with Crippen LogP contribution in [0.4, 0.5) is 11.6 Å². The topological polar surface area (TPSA) is 97.6 Å². The molecule has 1 aliphatic heterocycles. The Labute approximate surface area is 125 Å². The summed E-state index contributed by atoms with van der Waals surface area (Å²) in [7, 11) is 2.09. The summed E-state index contributed by atoms with van der Waals surface area (Å²) in [6.07, 6.45) is 0.156. The van der Waals surface area contributed by atoms with Crippen LogP contribution in [0.5, 0.6) is 0 Å². The summed E-state index contributed by atoms with van der Waals surface area (Å²) < 4.78 is 11.0. The molecular formula is C13H24N6O2. The van der Waals surface area contributed by atoms with Crippen LogP contribution in [0.1, 0.15) is 12.7 Å². The van der Waals surface area contributed by atoms with Gasteiger partial charge < -0.3 is 25.1 Å². The van der Waals surface area contributed by atoms with Crippen LogP contribution >= 0.6 is 0 Å². The summed E-state index contributed by atoms with van der Waals surface area (Å²) in [5, 5.41) is 3.27. The number of nitrogens with one attached hydrogen (secondary N) is 2. The molecule has 1 aromatic rings. The van der Waals surface area contributed by atoms with Crippen molar-refractivity contribution >= 4 is 11.6 Å². The number of anilines is 2. The van der Waals surface area contributed by atoms with Crippen LogP contribution < -0.4 is 16.6 Å². The van der Waals surface area contributed by atoms with E-state index in [1.807, 2.05) is 6.92 Å². The molecule has 1 aliphatic rings. The van der Waals surface area contributed by atoms with E-state index >= 15 is 0 Å². The molecule has 8 nitrogen and oxygen atoms in total. The lowest BCUT2D eigenvalue weighted by molar-refractivity contribution is -0.0117. The number of nitrogens with two attached hydrogens (primary N) is 1. The number of morpholine rings is 1. The minimum Gasteiger partial charge on any atom is -0.374 e. The van der Waals surface area contributed by atoms with Crippen LogP contribution in [0.25, 0.3) is 0 Å². The van der Waals surface area contributed by atoms with E-state index in [1.54, 1.807) is 6.07 Å². The maximum absolute atomic E-state index is 5.71. The predicted octanol–water partition coefficient (Wildman–Crippen LogP) is 0.0412. The molecule has 0 amide bonds. The molecule has 2 heterocycles. The zero-order valence-electron chi connectivity index (χ0n) is 12.6. The first-order valence-corrected chi connectivity index (χ1v) is 7.17. The summed E-state index contributed by atoms with van der Waals surface area (Å²) in [6.45, 7) is 6.26. The largest absolute Gasteiger partial charge is 0.374 e. The van der Waals surface area contributed by atoms with Gasteiger partial charge in [0.05, 0.1) is 12.7 Å². The normalized spacial score (nSPS) is 19.5. The SMILES string of the molecule is CCOCc1nc(NN)cc(NCC2CN(C)CCO2)n1. The third kappa shape index (κ3) is 5.09. The molecule has 0 bridgehead atoms. The number of nitrogen functional groups attached to an aromatic ring is 1. The molecule has 4 N–H and O–H groups in total. The van der Waals surface area contributed by atoms with Crippen molar-refractivity contribution in [2.24, 2.45) is 5.84 Å². The Kier molecular flexibility index (Phi) is 6.12. The molecule has 2 rings (SSSR count). The molecule has 0 spiro atoms. The Morgan fingerprint density at radius 1 is 1.48 bits per heavy atom. The van der Waals surface area contributed by atoms with Crippen molar-refractivity contribution in [3.63, 3.8) is 0 Å². The van der Waals surface area contributed by atoms with Crippen molar-refractivity contribution in [1.82, 2.24) is 14.9 Å². The lowest BCUT2D eigenvalue weighted by Gasteiger charge is -2.30. The number of likely N-dealkylation sites (N-methyl/N-ethyl adjacent to an activating group) is 1. The van der Waals surface area contributed by atoms with Gasteiger partial charge in [-0.3, -0.25) is 0 Å². The second-order valence-corrected chi connectivity index (χ2v) is 4.97. The Morgan fingerprint density at radius 2 is 2.29 bits per heavy atom. The van der Waals surface area contributed by atoms with E-state index in [0.29, 0.717) is 37.2 Å². The quantitative estimate of drug-likeness (QED) is 0.479. The molecule has 1 atom stereocenters. The Bertz CT molecular complexity index is 445. The number of hydrogen-bond donors (Lipinski definition) is 3. The van der Waals surface area contributed by atoms with Crippen LogP contribution in [0.2, 0.25) is 0 Å². The van der Waals surface area contributed by atoms with Gasteiger partial charge >= 0.3 is 0 Å². The second kappa shape index (κ2) is 8.08.